The summed E-state index contributed by atoms with van der Waals surface area (Å²) < 4.78 is 5.42. The molecule has 0 saturated carbocycles. The van der Waals surface area contributed by atoms with Gasteiger partial charge in [0.2, 0.25) is 0 Å². The third-order valence-corrected chi connectivity index (χ3v) is 2.69. The molecule has 2 aromatic rings. The SMILES string of the molecule is Cc1ccc(C(O)COc2cccc(O)c2)cc1. The minimum atomic E-state index is -0.673. The fraction of sp³-hybridized carbons (Fsp3) is 0.200. The van der Waals surface area contributed by atoms with Gasteiger partial charge >= 0.3 is 0 Å². The van der Waals surface area contributed by atoms with Crippen molar-refractivity contribution in [3.05, 3.63) is 59.7 Å². The van der Waals surface area contributed by atoms with Crippen LogP contribution >= 0.6 is 0 Å². The number of aromatic hydroxyl groups is 1. The summed E-state index contributed by atoms with van der Waals surface area (Å²) in [4.78, 5) is 0. The molecule has 3 heteroatoms. The van der Waals surface area contributed by atoms with E-state index in [0.717, 1.165) is 11.1 Å². The smallest absolute Gasteiger partial charge is 0.123 e. The highest BCUT2D eigenvalue weighted by molar-refractivity contribution is 5.32. The molecule has 2 rings (SSSR count). The first-order chi connectivity index (χ1) is 8.65. The van der Waals surface area contributed by atoms with Crippen molar-refractivity contribution in [2.24, 2.45) is 0 Å². The van der Waals surface area contributed by atoms with Gasteiger partial charge in [0.1, 0.15) is 24.2 Å². The molecule has 0 spiro atoms. The molecular formula is C15H16O3. The number of ether oxygens (including phenoxy) is 1. The fourth-order valence-corrected chi connectivity index (χ4v) is 1.63. The van der Waals surface area contributed by atoms with Crippen molar-refractivity contribution in [2.75, 3.05) is 6.61 Å². The zero-order chi connectivity index (χ0) is 13.0. The second-order valence-corrected chi connectivity index (χ2v) is 4.23. The third kappa shape index (κ3) is 3.25. The van der Waals surface area contributed by atoms with Gasteiger partial charge in [0.25, 0.3) is 0 Å². The first kappa shape index (κ1) is 12.5. The lowest BCUT2D eigenvalue weighted by Gasteiger charge is -2.13. The van der Waals surface area contributed by atoms with Gasteiger partial charge in [-0.1, -0.05) is 35.9 Å². The van der Waals surface area contributed by atoms with Crippen LogP contribution in [0.4, 0.5) is 0 Å². The van der Waals surface area contributed by atoms with E-state index in [2.05, 4.69) is 0 Å². The Morgan fingerprint density at radius 3 is 2.50 bits per heavy atom. The zero-order valence-corrected chi connectivity index (χ0v) is 10.2. The number of aryl methyl sites for hydroxylation is 1. The number of hydrogen-bond acceptors (Lipinski definition) is 3. The van der Waals surface area contributed by atoms with E-state index in [1.165, 1.54) is 6.07 Å². The molecule has 0 bridgehead atoms. The van der Waals surface area contributed by atoms with E-state index < -0.39 is 6.10 Å². The normalized spacial score (nSPS) is 12.1. The van der Waals surface area contributed by atoms with Gasteiger partial charge in [-0.25, -0.2) is 0 Å². The zero-order valence-electron chi connectivity index (χ0n) is 10.2. The van der Waals surface area contributed by atoms with Crippen LogP contribution < -0.4 is 4.74 Å². The molecule has 0 radical (unpaired) electrons. The predicted octanol–water partition coefficient (Wildman–Crippen LogP) is 2.81. The maximum Gasteiger partial charge on any atom is 0.123 e. The van der Waals surface area contributed by atoms with Gasteiger partial charge in [0, 0.05) is 6.07 Å². The number of phenolic OH excluding ortho intramolecular Hbond substituents is 1. The molecule has 0 saturated heterocycles. The largest absolute Gasteiger partial charge is 0.508 e. The molecule has 94 valence electrons. The summed E-state index contributed by atoms with van der Waals surface area (Å²) in [5.41, 5.74) is 1.97. The van der Waals surface area contributed by atoms with Gasteiger partial charge in [-0.3, -0.25) is 0 Å². The van der Waals surface area contributed by atoms with Crippen LogP contribution in [0, 0.1) is 6.92 Å². The molecule has 18 heavy (non-hydrogen) atoms. The molecule has 0 heterocycles. The Bertz CT molecular complexity index is 505. The van der Waals surface area contributed by atoms with Gasteiger partial charge in [0.05, 0.1) is 0 Å². The first-order valence-corrected chi connectivity index (χ1v) is 5.81. The Hall–Kier alpha value is -2.00. The molecule has 1 atom stereocenters. The molecular weight excluding hydrogens is 228 g/mol. The maximum atomic E-state index is 9.95. The third-order valence-electron chi connectivity index (χ3n) is 2.69. The molecule has 0 fully saturated rings. The Morgan fingerprint density at radius 1 is 1.11 bits per heavy atom. The standard InChI is InChI=1S/C15H16O3/c1-11-5-7-12(8-6-11)15(17)10-18-14-4-2-3-13(16)9-14/h2-9,15-17H,10H2,1H3. The quantitative estimate of drug-likeness (QED) is 0.869. The van der Waals surface area contributed by atoms with E-state index in [9.17, 15) is 10.2 Å². The number of rotatable bonds is 4. The van der Waals surface area contributed by atoms with Crippen LogP contribution in [-0.2, 0) is 0 Å². The fourth-order valence-electron chi connectivity index (χ4n) is 1.63. The summed E-state index contributed by atoms with van der Waals surface area (Å²) in [6.07, 6.45) is -0.673. The second kappa shape index (κ2) is 5.56. The Morgan fingerprint density at radius 2 is 1.83 bits per heavy atom. The topological polar surface area (TPSA) is 49.7 Å². The number of hydrogen-bond donors (Lipinski definition) is 2. The monoisotopic (exact) mass is 244 g/mol. The molecule has 2 aromatic carbocycles. The van der Waals surface area contributed by atoms with Crippen molar-refractivity contribution < 1.29 is 14.9 Å². The van der Waals surface area contributed by atoms with Gasteiger partial charge in [-0.15, -0.1) is 0 Å². The average Bonchev–Trinajstić information content (AvgIpc) is 2.37. The molecule has 0 aliphatic heterocycles. The molecule has 0 aliphatic carbocycles. The second-order valence-electron chi connectivity index (χ2n) is 4.23. The lowest BCUT2D eigenvalue weighted by Crippen LogP contribution is -2.09. The van der Waals surface area contributed by atoms with E-state index in [-0.39, 0.29) is 12.4 Å². The molecule has 0 aromatic heterocycles. The van der Waals surface area contributed by atoms with Gasteiger partial charge in [-0.2, -0.15) is 0 Å². The minimum Gasteiger partial charge on any atom is -0.508 e. The first-order valence-electron chi connectivity index (χ1n) is 5.81. The molecule has 0 aliphatic rings. The van der Waals surface area contributed by atoms with E-state index in [4.69, 9.17) is 4.74 Å². The summed E-state index contributed by atoms with van der Waals surface area (Å²) in [5.74, 6) is 0.693. The maximum absolute atomic E-state index is 9.95. The van der Waals surface area contributed by atoms with Gasteiger partial charge < -0.3 is 14.9 Å². The molecule has 0 amide bonds. The van der Waals surface area contributed by atoms with Crippen molar-refractivity contribution in [3.63, 3.8) is 0 Å². The summed E-state index contributed by atoms with van der Waals surface area (Å²) >= 11 is 0. The predicted molar refractivity (Wildman–Crippen MR) is 69.7 cm³/mol. The Balaban J connectivity index is 1.96. The highest BCUT2D eigenvalue weighted by Gasteiger charge is 2.08. The molecule has 3 nitrogen and oxygen atoms in total. The van der Waals surface area contributed by atoms with Gasteiger partial charge in [-0.05, 0) is 24.6 Å². The lowest BCUT2D eigenvalue weighted by atomic mass is 10.1. The van der Waals surface area contributed by atoms with Crippen molar-refractivity contribution in [1.82, 2.24) is 0 Å². The van der Waals surface area contributed by atoms with E-state index >= 15 is 0 Å². The molecule has 1 unspecified atom stereocenters. The number of aliphatic hydroxyl groups excluding tert-OH is 1. The minimum absolute atomic E-state index is 0.150. The van der Waals surface area contributed by atoms with Crippen LogP contribution in [0.3, 0.4) is 0 Å². The average molecular weight is 244 g/mol. The van der Waals surface area contributed by atoms with E-state index in [1.807, 2.05) is 31.2 Å². The van der Waals surface area contributed by atoms with Crippen LogP contribution in [0.25, 0.3) is 0 Å². The number of phenols is 1. The van der Waals surface area contributed by atoms with E-state index in [1.54, 1.807) is 18.2 Å². The summed E-state index contributed by atoms with van der Waals surface area (Å²) in [6.45, 7) is 2.16. The van der Waals surface area contributed by atoms with Crippen LogP contribution in [0.5, 0.6) is 11.5 Å². The van der Waals surface area contributed by atoms with Crippen molar-refractivity contribution >= 4 is 0 Å². The number of benzene rings is 2. The summed E-state index contributed by atoms with van der Waals surface area (Å²) in [5, 5.41) is 19.2. The van der Waals surface area contributed by atoms with E-state index in [0.29, 0.717) is 5.75 Å². The van der Waals surface area contributed by atoms with Crippen LogP contribution in [0.15, 0.2) is 48.5 Å². The summed E-state index contributed by atoms with van der Waals surface area (Å²) in [7, 11) is 0. The molecule has 2 N–H and O–H groups in total. The van der Waals surface area contributed by atoms with Crippen LogP contribution in [0.2, 0.25) is 0 Å². The number of aliphatic hydroxyl groups is 1. The summed E-state index contributed by atoms with van der Waals surface area (Å²) in [6, 6.07) is 14.2. The van der Waals surface area contributed by atoms with Gasteiger partial charge in [0.15, 0.2) is 0 Å². The lowest BCUT2D eigenvalue weighted by molar-refractivity contribution is 0.108. The van der Waals surface area contributed by atoms with Crippen molar-refractivity contribution in [3.8, 4) is 11.5 Å². The van der Waals surface area contributed by atoms with Crippen LogP contribution in [0.1, 0.15) is 17.2 Å². The van der Waals surface area contributed by atoms with Crippen LogP contribution in [-0.4, -0.2) is 16.8 Å². The Kier molecular flexibility index (Phi) is 3.85. The van der Waals surface area contributed by atoms with Crippen molar-refractivity contribution in [1.29, 1.82) is 0 Å². The highest BCUT2D eigenvalue weighted by Crippen LogP contribution is 2.20. The Labute approximate surface area is 106 Å². The van der Waals surface area contributed by atoms with Crippen molar-refractivity contribution in [2.45, 2.75) is 13.0 Å². The highest BCUT2D eigenvalue weighted by atomic mass is 16.5.